The van der Waals surface area contributed by atoms with E-state index in [9.17, 15) is 9.59 Å². The number of nitrogens with one attached hydrogen (secondary N) is 1. The predicted octanol–water partition coefficient (Wildman–Crippen LogP) is 0.798. The average molecular weight is 369 g/mol. The molecule has 1 fully saturated rings. The van der Waals surface area contributed by atoms with Crippen molar-refractivity contribution >= 4 is 18.1 Å². The van der Waals surface area contributed by atoms with Crippen LogP contribution in [0.1, 0.15) is 10.5 Å². The summed E-state index contributed by atoms with van der Waals surface area (Å²) in [6.07, 6.45) is 0.862. The maximum absolute atomic E-state index is 12.5. The van der Waals surface area contributed by atoms with Crippen LogP contribution < -0.4 is 10.2 Å². The number of benzene rings is 1. The number of hydrogen-bond donors (Lipinski definition) is 1. The fraction of sp³-hybridized carbons (Fsp3) is 0.368. The van der Waals surface area contributed by atoms with Crippen molar-refractivity contribution in [2.75, 3.05) is 51.3 Å². The number of piperazine rings is 1. The number of hydrogen-bond acceptors (Lipinski definition) is 6. The number of carbonyl (C=O) groups is 2. The molecule has 2 aromatic rings. The molecule has 2 amide bonds. The van der Waals surface area contributed by atoms with Crippen LogP contribution in [0.3, 0.4) is 0 Å². The van der Waals surface area contributed by atoms with Gasteiger partial charge in [0.05, 0.1) is 6.61 Å². The third kappa shape index (κ3) is 4.79. The van der Waals surface area contributed by atoms with Gasteiger partial charge >= 0.3 is 0 Å². The van der Waals surface area contributed by atoms with E-state index in [1.54, 1.807) is 18.1 Å². The zero-order chi connectivity index (χ0) is 19.1. The fourth-order valence-corrected chi connectivity index (χ4v) is 2.84. The second-order valence-corrected chi connectivity index (χ2v) is 6.18. The highest BCUT2D eigenvalue weighted by Crippen LogP contribution is 2.21. The Hall–Kier alpha value is -3.00. The van der Waals surface area contributed by atoms with Gasteiger partial charge < -0.3 is 19.9 Å². The lowest BCUT2D eigenvalue weighted by molar-refractivity contribution is -0.118. The highest BCUT2D eigenvalue weighted by Gasteiger charge is 2.20. The first-order valence-electron chi connectivity index (χ1n) is 8.87. The van der Waals surface area contributed by atoms with Crippen LogP contribution in [0.4, 0.5) is 5.82 Å². The van der Waals surface area contributed by atoms with Crippen molar-refractivity contribution < 1.29 is 14.3 Å². The molecule has 1 saturated heterocycles. The van der Waals surface area contributed by atoms with Gasteiger partial charge in [-0.05, 0) is 0 Å². The van der Waals surface area contributed by atoms with E-state index in [4.69, 9.17) is 4.74 Å². The number of amides is 2. The lowest BCUT2D eigenvalue weighted by Crippen LogP contribution is -2.46. The molecule has 0 bridgehead atoms. The van der Waals surface area contributed by atoms with Gasteiger partial charge in [-0.15, -0.1) is 0 Å². The minimum absolute atomic E-state index is 0.264. The van der Waals surface area contributed by atoms with Gasteiger partial charge in [-0.2, -0.15) is 0 Å². The number of carbonyl (C=O) groups excluding carboxylic acids is 2. The van der Waals surface area contributed by atoms with Crippen molar-refractivity contribution in [3.05, 3.63) is 42.1 Å². The molecular formula is C19H23N5O3. The summed E-state index contributed by atoms with van der Waals surface area (Å²) in [5, 5.41) is 2.80. The zero-order valence-electron chi connectivity index (χ0n) is 15.3. The first kappa shape index (κ1) is 18.8. The lowest BCUT2D eigenvalue weighted by atomic mass is 10.2. The van der Waals surface area contributed by atoms with Gasteiger partial charge in [0, 0.05) is 51.5 Å². The number of ether oxygens (including phenoxy) is 1. The molecule has 0 saturated carbocycles. The number of aromatic nitrogens is 2. The standard InChI is InChI=1S/C19H23N5O3/c1-27-12-7-20-19(26)16-13-17(24-10-8-23(14-25)9-11-24)22-18(21-16)15-5-3-2-4-6-15/h2-6,13-14H,7-12H2,1H3,(H,20,26). The van der Waals surface area contributed by atoms with Gasteiger partial charge in [-0.3, -0.25) is 9.59 Å². The Morgan fingerprint density at radius 3 is 2.59 bits per heavy atom. The van der Waals surface area contributed by atoms with Crippen molar-refractivity contribution in [2.24, 2.45) is 0 Å². The van der Waals surface area contributed by atoms with Crippen LogP contribution >= 0.6 is 0 Å². The fourth-order valence-electron chi connectivity index (χ4n) is 2.84. The molecule has 0 radical (unpaired) electrons. The molecule has 0 spiro atoms. The number of anilines is 1. The lowest BCUT2D eigenvalue weighted by Gasteiger charge is -2.33. The Balaban J connectivity index is 1.89. The zero-order valence-corrected chi connectivity index (χ0v) is 15.3. The van der Waals surface area contributed by atoms with Crippen molar-refractivity contribution in [3.8, 4) is 11.4 Å². The molecule has 0 unspecified atom stereocenters. The topological polar surface area (TPSA) is 87.7 Å². The molecule has 0 aliphatic carbocycles. The summed E-state index contributed by atoms with van der Waals surface area (Å²) in [6.45, 7) is 3.42. The summed E-state index contributed by atoms with van der Waals surface area (Å²) in [6, 6.07) is 11.3. The third-order valence-electron chi connectivity index (χ3n) is 4.36. The number of rotatable bonds is 7. The van der Waals surface area contributed by atoms with Crippen LogP contribution in [-0.4, -0.2) is 73.6 Å². The maximum Gasteiger partial charge on any atom is 0.270 e. The molecule has 2 heterocycles. The molecule has 142 valence electrons. The van der Waals surface area contributed by atoms with Gasteiger partial charge in [0.2, 0.25) is 6.41 Å². The summed E-state index contributed by atoms with van der Waals surface area (Å²) in [4.78, 5) is 36.3. The Morgan fingerprint density at radius 2 is 1.93 bits per heavy atom. The third-order valence-corrected chi connectivity index (χ3v) is 4.36. The Morgan fingerprint density at radius 1 is 1.19 bits per heavy atom. The summed E-state index contributed by atoms with van der Waals surface area (Å²) < 4.78 is 4.97. The average Bonchev–Trinajstić information content (AvgIpc) is 2.74. The van der Waals surface area contributed by atoms with Crippen molar-refractivity contribution in [1.29, 1.82) is 0 Å². The Kier molecular flexibility index (Phi) is 6.32. The first-order valence-corrected chi connectivity index (χ1v) is 8.87. The molecule has 8 nitrogen and oxygen atoms in total. The van der Waals surface area contributed by atoms with E-state index < -0.39 is 0 Å². The predicted molar refractivity (Wildman–Crippen MR) is 102 cm³/mol. The van der Waals surface area contributed by atoms with Crippen LogP contribution in [0, 0.1) is 0 Å². The monoisotopic (exact) mass is 369 g/mol. The smallest absolute Gasteiger partial charge is 0.270 e. The minimum Gasteiger partial charge on any atom is -0.383 e. The van der Waals surface area contributed by atoms with Crippen molar-refractivity contribution in [3.63, 3.8) is 0 Å². The molecule has 1 aliphatic heterocycles. The van der Waals surface area contributed by atoms with E-state index in [1.165, 1.54) is 0 Å². The number of nitrogens with zero attached hydrogens (tertiary/aromatic N) is 4. The largest absolute Gasteiger partial charge is 0.383 e. The van der Waals surface area contributed by atoms with Crippen molar-refractivity contribution in [1.82, 2.24) is 20.2 Å². The van der Waals surface area contributed by atoms with E-state index in [-0.39, 0.29) is 5.91 Å². The molecule has 1 aromatic heterocycles. The molecule has 1 N–H and O–H groups in total. The molecule has 3 rings (SSSR count). The van der Waals surface area contributed by atoms with Crippen LogP contribution in [0.15, 0.2) is 36.4 Å². The Labute approximate surface area is 158 Å². The summed E-state index contributed by atoms with van der Waals surface area (Å²) in [5.74, 6) is 0.925. The molecular weight excluding hydrogens is 346 g/mol. The minimum atomic E-state index is -0.264. The summed E-state index contributed by atoms with van der Waals surface area (Å²) >= 11 is 0. The highest BCUT2D eigenvalue weighted by atomic mass is 16.5. The van der Waals surface area contributed by atoms with Gasteiger partial charge in [0.25, 0.3) is 5.91 Å². The number of methoxy groups -OCH3 is 1. The SMILES string of the molecule is COCCNC(=O)c1cc(N2CCN(C=O)CC2)nc(-c2ccccc2)n1. The second-order valence-electron chi connectivity index (χ2n) is 6.18. The van der Waals surface area contributed by atoms with Crippen molar-refractivity contribution in [2.45, 2.75) is 0 Å². The summed E-state index contributed by atoms with van der Waals surface area (Å²) in [5.41, 5.74) is 1.16. The van der Waals surface area contributed by atoms with Gasteiger partial charge in [-0.1, -0.05) is 30.3 Å². The maximum atomic E-state index is 12.5. The van der Waals surface area contributed by atoms with Crippen LogP contribution in [0.25, 0.3) is 11.4 Å². The van der Waals surface area contributed by atoms with E-state index >= 15 is 0 Å². The van der Waals surface area contributed by atoms with Gasteiger partial charge in [0.1, 0.15) is 11.5 Å². The quantitative estimate of drug-likeness (QED) is 0.574. The van der Waals surface area contributed by atoms with Crippen LogP contribution in [0.2, 0.25) is 0 Å². The Bertz CT molecular complexity index is 776. The van der Waals surface area contributed by atoms with Gasteiger partial charge in [-0.25, -0.2) is 9.97 Å². The normalized spacial score (nSPS) is 14.1. The summed E-state index contributed by atoms with van der Waals surface area (Å²) in [7, 11) is 1.58. The van der Waals surface area contributed by atoms with E-state index in [2.05, 4.69) is 20.2 Å². The highest BCUT2D eigenvalue weighted by molar-refractivity contribution is 5.93. The van der Waals surface area contributed by atoms with E-state index in [0.29, 0.717) is 56.7 Å². The van der Waals surface area contributed by atoms with Gasteiger partial charge in [0.15, 0.2) is 5.82 Å². The van der Waals surface area contributed by atoms with E-state index in [0.717, 1.165) is 12.0 Å². The second kappa shape index (κ2) is 9.09. The molecule has 1 aromatic carbocycles. The molecule has 8 heteroatoms. The molecule has 27 heavy (non-hydrogen) atoms. The van der Waals surface area contributed by atoms with E-state index in [1.807, 2.05) is 30.3 Å². The van der Waals surface area contributed by atoms with Crippen LogP contribution in [0.5, 0.6) is 0 Å². The molecule has 1 aliphatic rings. The van der Waals surface area contributed by atoms with Crippen LogP contribution in [-0.2, 0) is 9.53 Å². The molecule has 0 atom stereocenters. The first-order chi connectivity index (χ1) is 13.2.